The predicted octanol–water partition coefficient (Wildman–Crippen LogP) is 1.95. The summed E-state index contributed by atoms with van der Waals surface area (Å²) in [6.07, 6.45) is 1.52. The first kappa shape index (κ1) is 13.7. The van der Waals surface area contributed by atoms with Crippen LogP contribution in [0.25, 0.3) is 0 Å². The van der Waals surface area contributed by atoms with Crippen LogP contribution in [-0.4, -0.2) is 22.0 Å². The van der Waals surface area contributed by atoms with E-state index in [0.29, 0.717) is 16.8 Å². The number of rotatable bonds is 4. The van der Waals surface area contributed by atoms with Crippen molar-refractivity contribution in [1.29, 1.82) is 0 Å². The third-order valence-electron chi connectivity index (χ3n) is 2.81. The van der Waals surface area contributed by atoms with Gasteiger partial charge in [0, 0.05) is 17.5 Å². The zero-order valence-corrected chi connectivity index (χ0v) is 10.9. The lowest BCUT2D eigenvalue weighted by Crippen LogP contribution is -2.33. The lowest BCUT2D eigenvalue weighted by Gasteiger charge is -2.15. The fourth-order valence-electron chi connectivity index (χ4n) is 1.83. The number of carboxylic acids is 1. The normalized spacial score (nSPS) is 11.7. The fourth-order valence-corrected chi connectivity index (χ4v) is 1.83. The maximum absolute atomic E-state index is 12.1. The summed E-state index contributed by atoms with van der Waals surface area (Å²) in [5.74, 6) is -1.54. The summed E-state index contributed by atoms with van der Waals surface area (Å²) in [6.45, 7) is 1.77. The van der Waals surface area contributed by atoms with E-state index < -0.39 is 17.9 Å². The molecule has 0 aliphatic heterocycles. The van der Waals surface area contributed by atoms with Gasteiger partial charge in [0.05, 0.1) is 0 Å². The van der Waals surface area contributed by atoms with E-state index in [1.54, 1.807) is 49.4 Å². The number of aliphatic carboxylic acids is 1. The molecule has 2 N–H and O–H groups in total. The highest BCUT2D eigenvalue weighted by atomic mass is 16.4. The summed E-state index contributed by atoms with van der Waals surface area (Å²) in [5, 5.41) is 11.8. The largest absolute Gasteiger partial charge is 0.479 e. The molecule has 0 aliphatic carbocycles. The Hall–Kier alpha value is -2.69. The smallest absolute Gasteiger partial charge is 0.330 e. The van der Waals surface area contributed by atoms with Gasteiger partial charge in [-0.25, -0.2) is 4.79 Å². The highest BCUT2D eigenvalue weighted by molar-refractivity contribution is 5.96. The first-order valence-electron chi connectivity index (χ1n) is 6.09. The minimum absolute atomic E-state index is 0.389. The quantitative estimate of drug-likeness (QED) is 0.890. The molecular weight excluding hydrogens is 256 g/mol. The van der Waals surface area contributed by atoms with Gasteiger partial charge in [-0.05, 0) is 24.6 Å². The summed E-state index contributed by atoms with van der Waals surface area (Å²) < 4.78 is 0. The number of amides is 1. The second-order valence-electron chi connectivity index (χ2n) is 4.34. The highest BCUT2D eigenvalue weighted by Gasteiger charge is 2.22. The highest BCUT2D eigenvalue weighted by Crippen LogP contribution is 2.14. The maximum Gasteiger partial charge on any atom is 0.330 e. The Kier molecular flexibility index (Phi) is 4.10. The molecule has 102 valence electrons. The Bertz CT molecular complexity index is 626. The molecule has 5 heteroatoms. The Labute approximate surface area is 116 Å². The minimum Gasteiger partial charge on any atom is -0.479 e. The SMILES string of the molecule is Cc1cc(C(=O)NC(C(=O)O)c2ccccc2)ccn1. The van der Waals surface area contributed by atoms with Gasteiger partial charge >= 0.3 is 5.97 Å². The summed E-state index contributed by atoms with van der Waals surface area (Å²) in [6, 6.07) is 10.7. The summed E-state index contributed by atoms with van der Waals surface area (Å²) in [5.41, 5.74) is 1.61. The van der Waals surface area contributed by atoms with Crippen LogP contribution in [0.5, 0.6) is 0 Å². The molecule has 1 amide bonds. The molecule has 1 heterocycles. The van der Waals surface area contributed by atoms with E-state index in [4.69, 9.17) is 0 Å². The van der Waals surface area contributed by atoms with Gasteiger partial charge in [0.15, 0.2) is 6.04 Å². The topological polar surface area (TPSA) is 79.3 Å². The fraction of sp³-hybridized carbons (Fsp3) is 0.133. The number of benzene rings is 1. The molecule has 0 saturated carbocycles. The van der Waals surface area contributed by atoms with Gasteiger partial charge in [-0.3, -0.25) is 9.78 Å². The number of carboxylic acid groups (broad SMARTS) is 1. The molecule has 2 rings (SSSR count). The minimum atomic E-state index is -1.10. The van der Waals surface area contributed by atoms with E-state index in [0.717, 1.165) is 0 Å². The van der Waals surface area contributed by atoms with Gasteiger partial charge in [0.2, 0.25) is 0 Å². The van der Waals surface area contributed by atoms with Crippen molar-refractivity contribution in [3.8, 4) is 0 Å². The lowest BCUT2D eigenvalue weighted by molar-refractivity contribution is -0.139. The molecule has 1 atom stereocenters. The average molecular weight is 270 g/mol. The van der Waals surface area contributed by atoms with Gasteiger partial charge in [-0.15, -0.1) is 0 Å². The zero-order chi connectivity index (χ0) is 14.5. The Morgan fingerprint density at radius 3 is 2.50 bits per heavy atom. The lowest BCUT2D eigenvalue weighted by atomic mass is 10.1. The van der Waals surface area contributed by atoms with E-state index in [2.05, 4.69) is 10.3 Å². The van der Waals surface area contributed by atoms with Crippen molar-refractivity contribution in [3.05, 3.63) is 65.5 Å². The Balaban J connectivity index is 2.21. The number of hydrogen-bond acceptors (Lipinski definition) is 3. The van der Waals surface area contributed by atoms with Crippen molar-refractivity contribution in [1.82, 2.24) is 10.3 Å². The van der Waals surface area contributed by atoms with Gasteiger partial charge in [-0.2, -0.15) is 0 Å². The Morgan fingerprint density at radius 2 is 1.90 bits per heavy atom. The molecule has 1 unspecified atom stereocenters. The number of aromatic nitrogens is 1. The first-order chi connectivity index (χ1) is 9.58. The summed E-state index contributed by atoms with van der Waals surface area (Å²) in [7, 11) is 0. The molecule has 2 aromatic rings. The van der Waals surface area contributed by atoms with Crippen LogP contribution in [0, 0.1) is 6.92 Å². The Morgan fingerprint density at radius 1 is 1.20 bits per heavy atom. The maximum atomic E-state index is 12.1. The third kappa shape index (κ3) is 3.20. The summed E-state index contributed by atoms with van der Waals surface area (Å²) >= 11 is 0. The van der Waals surface area contributed by atoms with Crippen molar-refractivity contribution in [2.45, 2.75) is 13.0 Å². The molecule has 0 radical (unpaired) electrons. The van der Waals surface area contributed by atoms with Crippen LogP contribution >= 0.6 is 0 Å². The van der Waals surface area contributed by atoms with Crippen molar-refractivity contribution in [2.24, 2.45) is 0 Å². The van der Waals surface area contributed by atoms with E-state index in [9.17, 15) is 14.7 Å². The van der Waals surface area contributed by atoms with Gasteiger partial charge < -0.3 is 10.4 Å². The van der Waals surface area contributed by atoms with Crippen LogP contribution in [0.4, 0.5) is 0 Å². The number of pyridine rings is 1. The molecule has 0 fully saturated rings. The van der Waals surface area contributed by atoms with Crippen molar-refractivity contribution in [2.75, 3.05) is 0 Å². The first-order valence-corrected chi connectivity index (χ1v) is 6.09. The van der Waals surface area contributed by atoms with Crippen LogP contribution < -0.4 is 5.32 Å². The monoisotopic (exact) mass is 270 g/mol. The van der Waals surface area contributed by atoms with E-state index in [-0.39, 0.29) is 0 Å². The van der Waals surface area contributed by atoms with E-state index in [1.165, 1.54) is 6.20 Å². The van der Waals surface area contributed by atoms with Crippen LogP contribution in [0.3, 0.4) is 0 Å². The van der Waals surface area contributed by atoms with Gasteiger partial charge in [0.25, 0.3) is 5.91 Å². The second-order valence-corrected chi connectivity index (χ2v) is 4.34. The number of carbonyl (C=O) groups is 2. The van der Waals surface area contributed by atoms with Gasteiger partial charge in [-0.1, -0.05) is 30.3 Å². The van der Waals surface area contributed by atoms with Crippen LogP contribution in [0.1, 0.15) is 27.7 Å². The number of nitrogens with one attached hydrogen (secondary N) is 1. The van der Waals surface area contributed by atoms with Crippen molar-refractivity contribution in [3.63, 3.8) is 0 Å². The molecule has 0 saturated heterocycles. The third-order valence-corrected chi connectivity index (χ3v) is 2.81. The van der Waals surface area contributed by atoms with E-state index in [1.807, 2.05) is 0 Å². The van der Waals surface area contributed by atoms with E-state index >= 15 is 0 Å². The predicted molar refractivity (Wildman–Crippen MR) is 73.3 cm³/mol. The molecule has 20 heavy (non-hydrogen) atoms. The van der Waals surface area contributed by atoms with Crippen LogP contribution in [0.15, 0.2) is 48.7 Å². The van der Waals surface area contributed by atoms with Crippen LogP contribution in [-0.2, 0) is 4.79 Å². The molecule has 0 bridgehead atoms. The zero-order valence-electron chi connectivity index (χ0n) is 10.9. The second kappa shape index (κ2) is 5.97. The molecule has 1 aromatic heterocycles. The van der Waals surface area contributed by atoms with Gasteiger partial charge in [0.1, 0.15) is 0 Å². The van der Waals surface area contributed by atoms with Crippen LogP contribution in [0.2, 0.25) is 0 Å². The molecule has 1 aromatic carbocycles. The molecular formula is C15H14N2O3. The standard InChI is InChI=1S/C15H14N2O3/c1-10-9-12(7-8-16-10)14(18)17-13(15(19)20)11-5-3-2-4-6-11/h2-9,13H,1H3,(H,17,18)(H,19,20). The van der Waals surface area contributed by atoms with Crippen molar-refractivity contribution >= 4 is 11.9 Å². The molecule has 0 spiro atoms. The average Bonchev–Trinajstić information content (AvgIpc) is 2.45. The number of aryl methyl sites for hydroxylation is 1. The molecule has 0 aliphatic rings. The number of carbonyl (C=O) groups excluding carboxylic acids is 1. The number of hydrogen-bond donors (Lipinski definition) is 2. The number of nitrogens with zero attached hydrogens (tertiary/aromatic N) is 1. The summed E-state index contributed by atoms with van der Waals surface area (Å²) in [4.78, 5) is 27.4. The van der Waals surface area contributed by atoms with Crippen molar-refractivity contribution < 1.29 is 14.7 Å². The molecule has 5 nitrogen and oxygen atoms in total.